The number of benzene rings is 1. The van der Waals surface area contributed by atoms with Crippen LogP contribution in [-0.4, -0.2) is 23.0 Å². The first-order chi connectivity index (χ1) is 8.00. The van der Waals surface area contributed by atoms with E-state index >= 15 is 0 Å². The van der Waals surface area contributed by atoms with E-state index in [2.05, 4.69) is 0 Å². The minimum atomic E-state index is -1.54. The molecule has 92 valence electrons. The highest BCUT2D eigenvalue weighted by molar-refractivity contribution is 5.75. The highest BCUT2D eigenvalue weighted by Crippen LogP contribution is 2.39. The summed E-state index contributed by atoms with van der Waals surface area (Å²) in [6.07, 6.45) is -1.54. The zero-order valence-corrected chi connectivity index (χ0v) is 9.64. The van der Waals surface area contributed by atoms with Crippen molar-refractivity contribution in [2.24, 2.45) is 0 Å². The van der Waals surface area contributed by atoms with Crippen LogP contribution in [0.2, 0.25) is 0 Å². The Hall–Kier alpha value is -1.75. The Morgan fingerprint density at radius 2 is 1.76 bits per heavy atom. The summed E-state index contributed by atoms with van der Waals surface area (Å²) in [4.78, 5) is 10.9. The van der Waals surface area contributed by atoms with E-state index in [1.54, 1.807) is 6.07 Å². The fourth-order valence-corrected chi connectivity index (χ4v) is 1.84. The monoisotopic (exact) mass is 238 g/mol. The average molecular weight is 238 g/mol. The Morgan fingerprint density at radius 3 is 2.24 bits per heavy atom. The summed E-state index contributed by atoms with van der Waals surface area (Å²) in [5.74, 6) is -0.112. The molecule has 0 bridgehead atoms. The molecule has 5 heteroatoms. The van der Waals surface area contributed by atoms with E-state index in [-0.39, 0.29) is 12.7 Å². The number of carboxylic acids is 1. The number of fused-ring (bicyclic) bond motifs is 1. The molecule has 0 fully saturated rings. The average Bonchev–Trinajstić information content (AvgIpc) is 2.72. The summed E-state index contributed by atoms with van der Waals surface area (Å²) in [5, 5.41) is 18.5. The van der Waals surface area contributed by atoms with Crippen molar-refractivity contribution in [3.63, 3.8) is 0 Å². The fourth-order valence-electron chi connectivity index (χ4n) is 1.84. The first-order valence-corrected chi connectivity index (χ1v) is 5.35. The van der Waals surface area contributed by atoms with Crippen LogP contribution in [0, 0.1) is 0 Å². The fraction of sp³-hybridized carbons (Fsp3) is 0.417. The number of hydrogen-bond donors (Lipinski definition) is 2. The second-order valence-electron chi connectivity index (χ2n) is 4.23. The van der Waals surface area contributed by atoms with E-state index in [0.29, 0.717) is 17.1 Å². The van der Waals surface area contributed by atoms with Gasteiger partial charge in [0.1, 0.15) is 0 Å². The lowest BCUT2D eigenvalue weighted by Crippen LogP contribution is -2.13. The summed E-state index contributed by atoms with van der Waals surface area (Å²) in [7, 11) is 0. The third-order valence-electron chi connectivity index (χ3n) is 2.73. The zero-order chi connectivity index (χ0) is 12.6. The number of aliphatic carboxylic acids is 1. The molecule has 2 N–H and O–H groups in total. The maximum absolute atomic E-state index is 10.9. The molecular weight excluding hydrogens is 224 g/mol. The minimum absolute atomic E-state index is 0.0912. The molecule has 0 saturated carbocycles. The molecule has 1 heterocycles. The molecule has 1 aromatic rings. The van der Waals surface area contributed by atoms with Crippen molar-refractivity contribution >= 4 is 5.97 Å². The van der Waals surface area contributed by atoms with Crippen LogP contribution in [0.4, 0.5) is 0 Å². The summed E-state index contributed by atoms with van der Waals surface area (Å²) >= 11 is 0. The lowest BCUT2D eigenvalue weighted by Gasteiger charge is -2.16. The lowest BCUT2D eigenvalue weighted by molar-refractivity contribution is -0.147. The Balaban J connectivity index is 2.52. The highest BCUT2D eigenvalue weighted by atomic mass is 16.7. The van der Waals surface area contributed by atoms with Crippen LogP contribution in [-0.2, 0) is 4.79 Å². The van der Waals surface area contributed by atoms with Gasteiger partial charge in [0.2, 0.25) is 6.79 Å². The number of carboxylic acid groups (broad SMARTS) is 1. The molecule has 0 spiro atoms. The highest BCUT2D eigenvalue weighted by Gasteiger charge is 2.25. The van der Waals surface area contributed by atoms with Crippen molar-refractivity contribution in [1.29, 1.82) is 0 Å². The number of ether oxygens (including phenoxy) is 2. The van der Waals surface area contributed by atoms with Gasteiger partial charge >= 0.3 is 5.97 Å². The molecule has 17 heavy (non-hydrogen) atoms. The molecule has 1 aromatic carbocycles. The Labute approximate surface area is 98.6 Å². The zero-order valence-electron chi connectivity index (χ0n) is 9.64. The van der Waals surface area contributed by atoms with E-state index in [1.165, 1.54) is 6.07 Å². The summed E-state index contributed by atoms with van der Waals surface area (Å²) in [5.41, 5.74) is 1.11. The van der Waals surface area contributed by atoms with Gasteiger partial charge in [0.25, 0.3) is 0 Å². The van der Waals surface area contributed by atoms with E-state index in [1.807, 2.05) is 13.8 Å². The second-order valence-corrected chi connectivity index (χ2v) is 4.23. The van der Waals surface area contributed by atoms with Crippen LogP contribution in [0.25, 0.3) is 0 Å². The molecule has 0 radical (unpaired) electrons. The Kier molecular flexibility index (Phi) is 2.93. The molecule has 0 aromatic heterocycles. The van der Waals surface area contributed by atoms with Crippen LogP contribution in [0.3, 0.4) is 0 Å². The molecule has 1 aliphatic heterocycles. The predicted molar refractivity (Wildman–Crippen MR) is 59.2 cm³/mol. The topological polar surface area (TPSA) is 76.0 Å². The standard InChI is InChI=1S/C12H14O5/c1-6(2)7-3-9-10(17-5-16-9)4-8(7)11(13)12(14)15/h3-4,6,11,13H,5H2,1-2H3,(H,14,15). The van der Waals surface area contributed by atoms with Gasteiger partial charge in [-0.05, 0) is 29.2 Å². The van der Waals surface area contributed by atoms with Crippen molar-refractivity contribution in [3.05, 3.63) is 23.3 Å². The van der Waals surface area contributed by atoms with Crippen molar-refractivity contribution in [2.45, 2.75) is 25.9 Å². The Morgan fingerprint density at radius 1 is 1.24 bits per heavy atom. The van der Waals surface area contributed by atoms with Gasteiger partial charge in [0.15, 0.2) is 17.6 Å². The largest absolute Gasteiger partial charge is 0.479 e. The number of hydrogen-bond acceptors (Lipinski definition) is 4. The quantitative estimate of drug-likeness (QED) is 0.837. The molecule has 1 unspecified atom stereocenters. The van der Waals surface area contributed by atoms with Crippen LogP contribution in [0.15, 0.2) is 12.1 Å². The predicted octanol–water partition coefficient (Wildman–Crippen LogP) is 1.66. The van der Waals surface area contributed by atoms with Crippen molar-refractivity contribution in [1.82, 2.24) is 0 Å². The molecule has 1 aliphatic rings. The maximum atomic E-state index is 10.9. The van der Waals surface area contributed by atoms with Gasteiger partial charge < -0.3 is 19.7 Å². The van der Waals surface area contributed by atoms with E-state index in [0.717, 1.165) is 5.56 Å². The second kappa shape index (κ2) is 4.25. The number of rotatable bonds is 3. The third kappa shape index (κ3) is 2.06. The van der Waals surface area contributed by atoms with Crippen LogP contribution >= 0.6 is 0 Å². The number of carbonyl (C=O) groups is 1. The van der Waals surface area contributed by atoms with Gasteiger partial charge in [-0.1, -0.05) is 13.8 Å². The molecule has 0 saturated heterocycles. The summed E-state index contributed by atoms with van der Waals surface area (Å²) < 4.78 is 10.4. The third-order valence-corrected chi connectivity index (χ3v) is 2.73. The molecular formula is C12H14O5. The smallest absolute Gasteiger partial charge is 0.337 e. The van der Waals surface area contributed by atoms with E-state index in [9.17, 15) is 9.90 Å². The summed E-state index contributed by atoms with van der Waals surface area (Å²) in [6.45, 7) is 3.98. The number of aliphatic hydroxyl groups excluding tert-OH is 1. The van der Waals surface area contributed by atoms with Crippen molar-refractivity contribution in [3.8, 4) is 11.5 Å². The van der Waals surface area contributed by atoms with Gasteiger partial charge in [0, 0.05) is 0 Å². The lowest BCUT2D eigenvalue weighted by atomic mass is 9.93. The Bertz CT molecular complexity index is 452. The normalized spacial score (nSPS) is 15.1. The van der Waals surface area contributed by atoms with Crippen molar-refractivity contribution in [2.75, 3.05) is 6.79 Å². The van der Waals surface area contributed by atoms with Crippen LogP contribution in [0.5, 0.6) is 11.5 Å². The molecule has 0 aliphatic carbocycles. The van der Waals surface area contributed by atoms with E-state index in [4.69, 9.17) is 14.6 Å². The van der Waals surface area contributed by atoms with Gasteiger partial charge in [-0.15, -0.1) is 0 Å². The number of aliphatic hydroxyl groups is 1. The first kappa shape index (κ1) is 11.7. The minimum Gasteiger partial charge on any atom is -0.479 e. The molecule has 0 amide bonds. The van der Waals surface area contributed by atoms with Crippen LogP contribution in [0.1, 0.15) is 37.0 Å². The SMILES string of the molecule is CC(C)c1cc2c(cc1C(O)C(=O)O)OCO2. The van der Waals surface area contributed by atoms with Gasteiger partial charge in [-0.2, -0.15) is 0 Å². The molecule has 5 nitrogen and oxygen atoms in total. The van der Waals surface area contributed by atoms with Crippen molar-refractivity contribution < 1.29 is 24.5 Å². The molecule has 1 atom stereocenters. The van der Waals surface area contributed by atoms with Gasteiger partial charge in [-0.3, -0.25) is 0 Å². The summed E-state index contributed by atoms with van der Waals surface area (Å²) in [6, 6.07) is 3.27. The molecule has 2 rings (SSSR count). The van der Waals surface area contributed by atoms with Crippen LogP contribution < -0.4 is 9.47 Å². The van der Waals surface area contributed by atoms with E-state index < -0.39 is 12.1 Å². The van der Waals surface area contributed by atoms with Gasteiger partial charge in [-0.25, -0.2) is 4.79 Å². The van der Waals surface area contributed by atoms with Gasteiger partial charge in [0.05, 0.1) is 0 Å². The first-order valence-electron chi connectivity index (χ1n) is 5.35. The maximum Gasteiger partial charge on any atom is 0.337 e.